The first-order valence-corrected chi connectivity index (χ1v) is 8.29. The number of hydrogen-bond acceptors (Lipinski definition) is 4. The number of hydrogen-bond donors (Lipinski definition) is 3. The van der Waals surface area contributed by atoms with Crippen LogP contribution < -0.4 is 10.6 Å². The van der Waals surface area contributed by atoms with Crippen molar-refractivity contribution in [3.05, 3.63) is 46.8 Å². The lowest BCUT2D eigenvalue weighted by molar-refractivity contribution is 0.146. The zero-order chi connectivity index (χ0) is 14.7. The van der Waals surface area contributed by atoms with Crippen molar-refractivity contribution < 1.29 is 5.11 Å². The van der Waals surface area contributed by atoms with E-state index in [4.69, 9.17) is 0 Å². The predicted octanol–water partition coefficient (Wildman–Crippen LogP) is 2.82. The van der Waals surface area contributed by atoms with Crippen molar-refractivity contribution in [2.24, 2.45) is 5.92 Å². The maximum Gasteiger partial charge on any atom is 0.0716 e. The summed E-state index contributed by atoms with van der Waals surface area (Å²) in [4.78, 5) is 2.65. The van der Waals surface area contributed by atoms with Crippen LogP contribution in [0, 0.1) is 12.8 Å². The lowest BCUT2D eigenvalue weighted by atomic mass is 10.1. The van der Waals surface area contributed by atoms with Crippen LogP contribution in [-0.4, -0.2) is 30.8 Å². The van der Waals surface area contributed by atoms with Crippen LogP contribution in [0.25, 0.3) is 10.4 Å². The topological polar surface area (TPSA) is 44.3 Å². The first kappa shape index (κ1) is 17.4. The monoisotopic (exact) mass is 338 g/mol. The molecule has 2 unspecified atom stereocenters. The van der Waals surface area contributed by atoms with E-state index < -0.39 is 0 Å². The molecule has 1 aliphatic rings. The summed E-state index contributed by atoms with van der Waals surface area (Å²) >= 11 is 1.83. The maximum atomic E-state index is 9.76. The minimum Gasteiger partial charge on any atom is -0.391 e. The smallest absolute Gasteiger partial charge is 0.0716 e. The Labute approximate surface area is 142 Å². The molecule has 0 bridgehead atoms. The summed E-state index contributed by atoms with van der Waals surface area (Å²) in [6.45, 7) is 5.49. The molecule has 120 valence electrons. The summed E-state index contributed by atoms with van der Waals surface area (Å²) < 4.78 is 0. The van der Waals surface area contributed by atoms with Crippen molar-refractivity contribution in [1.82, 2.24) is 10.6 Å². The molecule has 0 spiro atoms. The predicted molar refractivity (Wildman–Crippen MR) is 95.8 cm³/mol. The number of nitrogens with one attached hydrogen (secondary N) is 2. The van der Waals surface area contributed by atoms with Crippen molar-refractivity contribution in [3.63, 3.8) is 0 Å². The summed E-state index contributed by atoms with van der Waals surface area (Å²) in [5.74, 6) is 0.335. The zero-order valence-corrected chi connectivity index (χ0v) is 14.3. The number of aliphatic hydroxyl groups excluding tert-OH is 1. The van der Waals surface area contributed by atoms with E-state index in [2.05, 4.69) is 54.0 Å². The molecule has 2 heterocycles. The van der Waals surface area contributed by atoms with Crippen LogP contribution in [0.2, 0.25) is 0 Å². The Morgan fingerprint density at radius 2 is 1.95 bits per heavy atom. The molecule has 1 aromatic heterocycles. The van der Waals surface area contributed by atoms with E-state index in [0.717, 1.165) is 26.2 Å². The van der Waals surface area contributed by atoms with Gasteiger partial charge in [0.1, 0.15) is 0 Å². The van der Waals surface area contributed by atoms with E-state index in [1.807, 2.05) is 11.3 Å². The van der Waals surface area contributed by atoms with Crippen molar-refractivity contribution in [2.75, 3.05) is 19.6 Å². The van der Waals surface area contributed by atoms with Crippen LogP contribution in [0.3, 0.4) is 0 Å². The number of halogens is 1. The molecule has 2 aromatic rings. The molecule has 0 amide bonds. The average molecular weight is 339 g/mol. The Morgan fingerprint density at radius 1 is 1.18 bits per heavy atom. The molecule has 3 nitrogen and oxygen atoms in total. The number of β-amino-alcohol motifs (C(OH)–C–C–N with tert-alkyl or cyclic N) is 1. The van der Waals surface area contributed by atoms with Crippen LogP contribution in [0.15, 0.2) is 36.4 Å². The minimum absolute atomic E-state index is 0. The normalized spacial score (nSPS) is 20.8. The second-order valence-electron chi connectivity index (χ2n) is 5.75. The fraction of sp³-hybridized carbons (Fsp3) is 0.412. The molecule has 0 saturated carbocycles. The quantitative estimate of drug-likeness (QED) is 0.785. The average Bonchev–Trinajstić information content (AvgIpc) is 3.10. The summed E-state index contributed by atoms with van der Waals surface area (Å²) in [5.41, 5.74) is 2.58. The zero-order valence-electron chi connectivity index (χ0n) is 12.7. The third kappa shape index (κ3) is 4.31. The summed E-state index contributed by atoms with van der Waals surface area (Å²) in [6.07, 6.45) is -0.205. The van der Waals surface area contributed by atoms with Crippen molar-refractivity contribution >= 4 is 23.7 Å². The molecule has 1 saturated heterocycles. The Bertz CT molecular complexity index is 585. The molecule has 2 atom stereocenters. The highest BCUT2D eigenvalue weighted by atomic mass is 35.5. The third-order valence-electron chi connectivity index (χ3n) is 4.01. The number of rotatable bonds is 5. The van der Waals surface area contributed by atoms with Crippen LogP contribution in [0.4, 0.5) is 0 Å². The SMILES string of the molecule is Cc1ccc(-c2ccc(CNCC3CNCC3O)s2)cc1.Cl. The van der Waals surface area contributed by atoms with Crippen molar-refractivity contribution in [2.45, 2.75) is 19.6 Å². The molecule has 1 aromatic carbocycles. The van der Waals surface area contributed by atoms with Gasteiger partial charge in [-0.1, -0.05) is 29.8 Å². The number of aryl methyl sites for hydroxylation is 1. The highest BCUT2D eigenvalue weighted by Gasteiger charge is 2.24. The highest BCUT2D eigenvalue weighted by Crippen LogP contribution is 2.28. The molecule has 1 fully saturated rings. The molecule has 3 N–H and O–H groups in total. The second kappa shape index (κ2) is 8.09. The van der Waals surface area contributed by atoms with E-state index in [-0.39, 0.29) is 18.5 Å². The molecule has 0 aliphatic carbocycles. The molecule has 22 heavy (non-hydrogen) atoms. The van der Waals surface area contributed by atoms with Gasteiger partial charge in [0.05, 0.1) is 6.10 Å². The largest absolute Gasteiger partial charge is 0.391 e. The Kier molecular flexibility index (Phi) is 6.41. The fourth-order valence-electron chi connectivity index (χ4n) is 2.65. The molecule has 5 heteroatoms. The number of benzene rings is 1. The highest BCUT2D eigenvalue weighted by molar-refractivity contribution is 7.15. The van der Waals surface area contributed by atoms with Gasteiger partial charge in [-0.3, -0.25) is 0 Å². The first-order chi connectivity index (χ1) is 10.2. The molecule has 3 rings (SSSR count). The molecule has 0 radical (unpaired) electrons. The van der Waals surface area contributed by atoms with Gasteiger partial charge in [-0.2, -0.15) is 0 Å². The van der Waals surface area contributed by atoms with Gasteiger partial charge in [0.15, 0.2) is 0 Å². The molecular weight excluding hydrogens is 316 g/mol. The Balaban J connectivity index is 0.00000176. The van der Waals surface area contributed by atoms with Gasteiger partial charge in [0.2, 0.25) is 0 Å². The number of thiophene rings is 1. The van der Waals surface area contributed by atoms with Crippen LogP contribution in [0.5, 0.6) is 0 Å². The fourth-order valence-corrected chi connectivity index (χ4v) is 3.64. The lowest BCUT2D eigenvalue weighted by Crippen LogP contribution is -2.29. The Morgan fingerprint density at radius 3 is 2.64 bits per heavy atom. The second-order valence-corrected chi connectivity index (χ2v) is 6.92. The van der Waals surface area contributed by atoms with E-state index in [1.165, 1.54) is 20.9 Å². The van der Waals surface area contributed by atoms with Gasteiger partial charge in [-0.25, -0.2) is 0 Å². The van der Waals surface area contributed by atoms with Gasteiger partial charge in [0, 0.05) is 41.9 Å². The van der Waals surface area contributed by atoms with Gasteiger partial charge in [-0.15, -0.1) is 23.7 Å². The van der Waals surface area contributed by atoms with Crippen molar-refractivity contribution in [1.29, 1.82) is 0 Å². The first-order valence-electron chi connectivity index (χ1n) is 7.47. The number of aliphatic hydroxyl groups is 1. The van der Waals surface area contributed by atoms with Crippen molar-refractivity contribution in [3.8, 4) is 10.4 Å². The van der Waals surface area contributed by atoms with E-state index in [9.17, 15) is 5.11 Å². The van der Waals surface area contributed by atoms with Crippen LogP contribution in [-0.2, 0) is 6.54 Å². The van der Waals surface area contributed by atoms with E-state index in [0.29, 0.717) is 5.92 Å². The van der Waals surface area contributed by atoms with E-state index in [1.54, 1.807) is 0 Å². The maximum absolute atomic E-state index is 9.76. The standard InChI is InChI=1S/C17H22N2OS.ClH/c1-12-2-4-13(5-3-12)17-7-6-15(21-17)10-18-8-14-9-19-11-16(14)20;/h2-7,14,16,18-20H,8-11H2,1H3;1H. The lowest BCUT2D eigenvalue weighted by Gasteiger charge is -2.13. The van der Waals surface area contributed by atoms with Gasteiger partial charge in [-0.05, 0) is 24.6 Å². The summed E-state index contributed by atoms with van der Waals surface area (Å²) in [7, 11) is 0. The van der Waals surface area contributed by atoms with Crippen LogP contribution in [0.1, 0.15) is 10.4 Å². The minimum atomic E-state index is -0.205. The van der Waals surface area contributed by atoms with E-state index >= 15 is 0 Å². The third-order valence-corrected chi connectivity index (χ3v) is 5.14. The van der Waals surface area contributed by atoms with Crippen LogP contribution >= 0.6 is 23.7 Å². The summed E-state index contributed by atoms with van der Waals surface area (Å²) in [5, 5.41) is 16.4. The Hall–Kier alpha value is -0.910. The van der Waals surface area contributed by atoms with Gasteiger partial charge >= 0.3 is 0 Å². The van der Waals surface area contributed by atoms with Gasteiger partial charge in [0.25, 0.3) is 0 Å². The molecule has 1 aliphatic heterocycles. The summed E-state index contributed by atoms with van der Waals surface area (Å²) in [6, 6.07) is 13.1. The van der Waals surface area contributed by atoms with Gasteiger partial charge < -0.3 is 15.7 Å². The molecular formula is C17H23ClN2OS.